The first-order valence-electron chi connectivity index (χ1n) is 1.65. The van der Waals surface area contributed by atoms with Crippen LogP contribution in [0, 0.1) is 14.9 Å². The van der Waals surface area contributed by atoms with E-state index in [1.165, 1.54) is 0 Å². The van der Waals surface area contributed by atoms with Gasteiger partial charge in [-0.25, -0.2) is 0 Å². The fourth-order valence-electron chi connectivity index (χ4n) is 0.136. The Morgan fingerprint density at radius 2 is 1.56 bits per heavy atom. The number of allylic oxidation sites excluding steroid dienone is 3. The Balaban J connectivity index is -0.0000000133. The minimum absolute atomic E-state index is 0. The van der Waals surface area contributed by atoms with E-state index >= 15 is 0 Å². The van der Waals surface area contributed by atoms with Crippen LogP contribution < -0.4 is 0 Å². The van der Waals surface area contributed by atoms with Gasteiger partial charge in [-0.05, 0) is 17.9 Å². The molecule has 0 aliphatic rings. The molecule has 0 atom stereocenters. The molecule has 2 heteroatoms. The van der Waals surface area contributed by atoms with Gasteiger partial charge in [-0.15, -0.1) is 0 Å². The Kier molecular flexibility index (Phi) is 151. The molecule has 0 spiro atoms. The Labute approximate surface area is 79.3 Å². The van der Waals surface area contributed by atoms with Crippen LogP contribution in [-0.2, 0) is 21.7 Å². The van der Waals surface area contributed by atoms with E-state index < -0.39 is 0 Å². The summed E-state index contributed by atoms with van der Waals surface area (Å²) in [7, 11) is 0. The predicted molar refractivity (Wildman–Crippen MR) is 49.2 cm³/mol. The Bertz CT molecular complexity index is 50.9. The van der Waals surface area contributed by atoms with Crippen molar-refractivity contribution in [2.75, 3.05) is 0 Å². The van der Waals surface area contributed by atoms with Crippen LogP contribution in [0.15, 0.2) is 24.8 Å². The molecule has 0 fully saturated rings. The van der Waals surface area contributed by atoms with E-state index in [0.717, 1.165) is 0 Å². The van der Waals surface area contributed by atoms with E-state index in [1.54, 1.807) is 6.08 Å². The number of hydrogen-bond donors (Lipinski definition) is 0. The maximum Gasteiger partial charge on any atom is 2.00 e. The smallest absolute Gasteiger partial charge is 0.358 e. The number of hydrogen-bond acceptors (Lipinski definition) is 0. The van der Waals surface area contributed by atoms with Crippen molar-refractivity contribution in [2.45, 2.75) is 6.92 Å². The molecule has 0 N–H and O–H groups in total. The molecule has 54 valence electrons. The van der Waals surface area contributed by atoms with Crippen LogP contribution in [0.25, 0.3) is 0 Å². The van der Waals surface area contributed by atoms with Gasteiger partial charge in [0.15, 0.2) is 0 Å². The van der Waals surface area contributed by atoms with Gasteiger partial charge in [-0.3, -0.25) is 0 Å². The standard InChI is InChI=1S/C5H8.2CH3.H4Si.Ti/c1-3-5-4-2;;;;/h3-5H,1H2,2H3;2*1H3;1H4;/q;2*-1;;+2. The normalized spacial score (nSPS) is 5.00. The first-order chi connectivity index (χ1) is 2.41. The summed E-state index contributed by atoms with van der Waals surface area (Å²) in [5, 5.41) is 0. The Morgan fingerprint density at radius 3 is 1.56 bits per heavy atom. The molecule has 9 heavy (non-hydrogen) atoms. The van der Waals surface area contributed by atoms with E-state index in [2.05, 4.69) is 6.58 Å². The Hall–Kier alpha value is 0.411. The molecule has 0 aromatic heterocycles. The van der Waals surface area contributed by atoms with Crippen molar-refractivity contribution >= 4 is 11.0 Å². The van der Waals surface area contributed by atoms with E-state index in [0.29, 0.717) is 0 Å². The summed E-state index contributed by atoms with van der Waals surface area (Å²) in [6.45, 7) is 5.42. The average Bonchev–Trinajstić information content (AvgIpc) is 1.41. The quantitative estimate of drug-likeness (QED) is 0.321. The molecule has 0 aliphatic heterocycles. The zero-order valence-corrected chi connectivity index (χ0v) is 7.50. The van der Waals surface area contributed by atoms with Gasteiger partial charge < -0.3 is 14.9 Å². The molecule has 0 rings (SSSR count). The van der Waals surface area contributed by atoms with Gasteiger partial charge in [0.2, 0.25) is 0 Å². The molecular weight excluding hydrogens is 160 g/mol. The predicted octanol–water partition coefficient (Wildman–Crippen LogP) is 1.19. The van der Waals surface area contributed by atoms with E-state index in [1.807, 2.05) is 19.1 Å². The zero-order valence-electron chi connectivity index (χ0n) is 5.94. The summed E-state index contributed by atoms with van der Waals surface area (Å²) in [5.74, 6) is 0. The third kappa shape index (κ3) is 59.5. The molecule has 0 nitrogen and oxygen atoms in total. The molecule has 0 aromatic carbocycles. The number of rotatable bonds is 1. The van der Waals surface area contributed by atoms with Crippen molar-refractivity contribution < 1.29 is 21.7 Å². The molecule has 0 aliphatic carbocycles. The van der Waals surface area contributed by atoms with Crippen LogP contribution in [0.4, 0.5) is 0 Å². The molecule has 0 bridgehead atoms. The fraction of sp³-hybridized carbons (Fsp3) is 0.143. The topological polar surface area (TPSA) is 0 Å². The minimum atomic E-state index is 0. The molecule has 0 aromatic rings. The fourth-order valence-corrected chi connectivity index (χ4v) is 0.136. The second kappa shape index (κ2) is 39.7. The summed E-state index contributed by atoms with van der Waals surface area (Å²) >= 11 is 0. The molecule has 0 unspecified atom stereocenters. The SMILES string of the molecule is C=CC=CC.[CH3-].[CH3-].[SiH4].[Ti+2]. The molecule has 0 saturated carbocycles. The van der Waals surface area contributed by atoms with Crippen molar-refractivity contribution in [3.63, 3.8) is 0 Å². The monoisotopic (exact) mass is 178 g/mol. The van der Waals surface area contributed by atoms with Crippen LogP contribution in [0.5, 0.6) is 0 Å². The van der Waals surface area contributed by atoms with Crippen molar-refractivity contribution in [1.29, 1.82) is 0 Å². The first kappa shape index (κ1) is 34.2. The van der Waals surface area contributed by atoms with Gasteiger partial charge in [0.05, 0.1) is 0 Å². The van der Waals surface area contributed by atoms with Crippen molar-refractivity contribution in [1.82, 2.24) is 0 Å². The minimum Gasteiger partial charge on any atom is -0.358 e. The van der Waals surface area contributed by atoms with Gasteiger partial charge in [0, 0.05) is 0 Å². The van der Waals surface area contributed by atoms with E-state index in [9.17, 15) is 0 Å². The summed E-state index contributed by atoms with van der Waals surface area (Å²) in [4.78, 5) is 0. The van der Waals surface area contributed by atoms with E-state index in [-0.39, 0.29) is 47.5 Å². The van der Waals surface area contributed by atoms with Crippen molar-refractivity contribution in [2.24, 2.45) is 0 Å². The Morgan fingerprint density at radius 1 is 1.22 bits per heavy atom. The van der Waals surface area contributed by atoms with Gasteiger partial charge in [-0.2, -0.15) is 0 Å². The van der Waals surface area contributed by atoms with Crippen LogP contribution >= 0.6 is 0 Å². The molecule has 0 radical (unpaired) electrons. The molecule has 0 amide bonds. The summed E-state index contributed by atoms with van der Waals surface area (Å²) in [5.41, 5.74) is 0. The summed E-state index contributed by atoms with van der Waals surface area (Å²) in [6, 6.07) is 0. The van der Waals surface area contributed by atoms with Crippen molar-refractivity contribution in [3.05, 3.63) is 39.7 Å². The largest absolute Gasteiger partial charge is 2.00 e. The van der Waals surface area contributed by atoms with Crippen LogP contribution in [0.3, 0.4) is 0 Å². The molecule has 0 saturated heterocycles. The zero-order chi connectivity index (χ0) is 4.12. The second-order valence-electron chi connectivity index (χ2n) is 0.761. The van der Waals surface area contributed by atoms with Crippen LogP contribution in [0.1, 0.15) is 6.92 Å². The average molecular weight is 178 g/mol. The summed E-state index contributed by atoms with van der Waals surface area (Å²) in [6.07, 6.45) is 5.58. The van der Waals surface area contributed by atoms with Gasteiger partial charge in [-0.1, -0.05) is 24.8 Å². The van der Waals surface area contributed by atoms with E-state index in [4.69, 9.17) is 0 Å². The maximum atomic E-state index is 3.46. The molecule has 0 heterocycles. The summed E-state index contributed by atoms with van der Waals surface area (Å²) < 4.78 is 0. The van der Waals surface area contributed by atoms with Crippen molar-refractivity contribution in [3.8, 4) is 0 Å². The third-order valence-electron chi connectivity index (χ3n) is 0.329. The second-order valence-corrected chi connectivity index (χ2v) is 0.761. The van der Waals surface area contributed by atoms with Gasteiger partial charge in [0.25, 0.3) is 0 Å². The third-order valence-corrected chi connectivity index (χ3v) is 0.329. The van der Waals surface area contributed by atoms with Crippen LogP contribution in [0.2, 0.25) is 0 Å². The van der Waals surface area contributed by atoms with Gasteiger partial charge in [0.1, 0.15) is 0 Å². The first-order valence-corrected chi connectivity index (χ1v) is 1.65. The van der Waals surface area contributed by atoms with Crippen LogP contribution in [-0.4, -0.2) is 11.0 Å². The maximum absolute atomic E-state index is 3.46. The molecular formula is C7H18SiTi. The van der Waals surface area contributed by atoms with Gasteiger partial charge >= 0.3 is 21.7 Å².